The van der Waals surface area contributed by atoms with Crippen molar-refractivity contribution in [2.45, 2.75) is 19.8 Å². The van der Waals surface area contributed by atoms with Crippen LogP contribution in [0.3, 0.4) is 0 Å². The number of benzene rings is 2. The van der Waals surface area contributed by atoms with Gasteiger partial charge in [-0.3, -0.25) is 4.79 Å². The molecule has 0 spiro atoms. The second-order valence-electron chi connectivity index (χ2n) is 4.98. The zero-order valence-corrected chi connectivity index (χ0v) is 14.0. The molecule has 0 fully saturated rings. The van der Waals surface area contributed by atoms with Gasteiger partial charge in [-0.1, -0.05) is 35.3 Å². The van der Waals surface area contributed by atoms with Crippen LogP contribution in [0, 0.1) is 6.92 Å². The number of amides is 1. The average Bonchev–Trinajstić information content (AvgIpc) is 2.50. The van der Waals surface area contributed by atoms with Gasteiger partial charge in [-0.2, -0.15) is 0 Å². The Morgan fingerprint density at radius 3 is 2.50 bits per heavy atom. The summed E-state index contributed by atoms with van der Waals surface area (Å²) >= 11 is 11.9. The van der Waals surface area contributed by atoms with Crippen LogP contribution in [0.15, 0.2) is 36.4 Å². The van der Waals surface area contributed by atoms with Crippen LogP contribution < -0.4 is 10.1 Å². The van der Waals surface area contributed by atoms with Gasteiger partial charge in [0.25, 0.3) is 0 Å². The second kappa shape index (κ2) is 7.52. The molecule has 2 rings (SSSR count). The highest BCUT2D eigenvalue weighted by Gasteiger charge is 2.10. The Bertz CT molecular complexity index is 669. The van der Waals surface area contributed by atoms with Crippen LogP contribution in [0.5, 0.6) is 5.75 Å². The first-order valence-corrected chi connectivity index (χ1v) is 7.63. The molecule has 0 saturated carbocycles. The second-order valence-corrected chi connectivity index (χ2v) is 5.82. The largest absolute Gasteiger partial charge is 0.495 e. The third-order valence-corrected chi connectivity index (χ3v) is 3.97. The highest BCUT2D eigenvalue weighted by molar-refractivity contribution is 6.31. The van der Waals surface area contributed by atoms with Crippen molar-refractivity contribution in [3.63, 3.8) is 0 Å². The maximum atomic E-state index is 12.1. The average molecular weight is 338 g/mol. The SMILES string of the molecule is COc1cc(Cl)c(C)cc1NC(=O)CCc1ccc(Cl)cc1. The van der Waals surface area contributed by atoms with Crippen molar-refractivity contribution in [1.82, 2.24) is 0 Å². The fourth-order valence-electron chi connectivity index (χ4n) is 2.05. The van der Waals surface area contributed by atoms with Crippen molar-refractivity contribution in [1.29, 1.82) is 0 Å². The van der Waals surface area contributed by atoms with E-state index in [1.807, 2.05) is 31.2 Å². The lowest BCUT2D eigenvalue weighted by molar-refractivity contribution is -0.116. The first kappa shape index (κ1) is 16.7. The summed E-state index contributed by atoms with van der Waals surface area (Å²) in [4.78, 5) is 12.1. The fraction of sp³-hybridized carbons (Fsp3) is 0.235. The van der Waals surface area contributed by atoms with Gasteiger partial charge in [0.15, 0.2) is 0 Å². The molecule has 0 bridgehead atoms. The van der Waals surface area contributed by atoms with E-state index in [9.17, 15) is 4.79 Å². The van der Waals surface area contributed by atoms with Crippen LogP contribution in [-0.4, -0.2) is 13.0 Å². The zero-order valence-electron chi connectivity index (χ0n) is 12.5. The van der Waals surface area contributed by atoms with Crippen molar-refractivity contribution in [2.24, 2.45) is 0 Å². The number of nitrogens with one attached hydrogen (secondary N) is 1. The summed E-state index contributed by atoms with van der Waals surface area (Å²) in [6.45, 7) is 1.88. The summed E-state index contributed by atoms with van der Waals surface area (Å²) < 4.78 is 5.24. The molecule has 0 aliphatic carbocycles. The van der Waals surface area contributed by atoms with E-state index in [-0.39, 0.29) is 5.91 Å². The third kappa shape index (κ3) is 4.39. The van der Waals surface area contributed by atoms with Crippen molar-refractivity contribution in [3.05, 3.63) is 57.6 Å². The Balaban J connectivity index is 2.00. The van der Waals surface area contributed by atoms with Gasteiger partial charge < -0.3 is 10.1 Å². The molecule has 2 aromatic carbocycles. The highest BCUT2D eigenvalue weighted by Crippen LogP contribution is 2.31. The Hall–Kier alpha value is -1.71. The van der Waals surface area contributed by atoms with Crippen molar-refractivity contribution < 1.29 is 9.53 Å². The van der Waals surface area contributed by atoms with E-state index in [0.29, 0.717) is 34.3 Å². The molecule has 116 valence electrons. The van der Waals surface area contributed by atoms with E-state index in [0.717, 1.165) is 11.1 Å². The number of rotatable bonds is 5. The summed E-state index contributed by atoms with van der Waals surface area (Å²) in [5.74, 6) is 0.477. The number of methoxy groups -OCH3 is 1. The van der Waals surface area contributed by atoms with Gasteiger partial charge in [0, 0.05) is 22.5 Å². The van der Waals surface area contributed by atoms with E-state index in [4.69, 9.17) is 27.9 Å². The molecule has 2 aromatic rings. The standard InChI is InChI=1S/C17H17Cl2NO2/c1-11-9-15(16(22-2)10-14(11)19)20-17(21)8-5-12-3-6-13(18)7-4-12/h3-4,6-7,9-10H,5,8H2,1-2H3,(H,20,21). The molecule has 0 saturated heterocycles. The minimum absolute atomic E-state index is 0.0741. The number of anilines is 1. The number of hydrogen-bond donors (Lipinski definition) is 1. The first-order valence-electron chi connectivity index (χ1n) is 6.88. The van der Waals surface area contributed by atoms with Crippen molar-refractivity contribution >= 4 is 34.8 Å². The van der Waals surface area contributed by atoms with Gasteiger partial charge in [0.05, 0.1) is 12.8 Å². The van der Waals surface area contributed by atoms with Crippen LogP contribution in [-0.2, 0) is 11.2 Å². The van der Waals surface area contributed by atoms with Crippen LogP contribution in [0.1, 0.15) is 17.5 Å². The van der Waals surface area contributed by atoms with E-state index < -0.39 is 0 Å². The Kier molecular flexibility index (Phi) is 5.69. The van der Waals surface area contributed by atoms with Gasteiger partial charge in [0.2, 0.25) is 5.91 Å². The van der Waals surface area contributed by atoms with Gasteiger partial charge in [0.1, 0.15) is 5.75 Å². The molecular weight excluding hydrogens is 321 g/mol. The lowest BCUT2D eigenvalue weighted by Gasteiger charge is -2.12. The molecule has 3 nitrogen and oxygen atoms in total. The number of ether oxygens (including phenoxy) is 1. The fourth-order valence-corrected chi connectivity index (χ4v) is 2.33. The third-order valence-electron chi connectivity index (χ3n) is 3.31. The molecule has 1 N–H and O–H groups in total. The van der Waals surface area contributed by atoms with Crippen molar-refractivity contribution in [2.75, 3.05) is 12.4 Å². The van der Waals surface area contributed by atoms with Gasteiger partial charge in [-0.25, -0.2) is 0 Å². The van der Waals surface area contributed by atoms with Gasteiger partial charge in [-0.15, -0.1) is 0 Å². The molecule has 0 aromatic heterocycles. The molecule has 0 unspecified atom stereocenters. The number of hydrogen-bond acceptors (Lipinski definition) is 2. The lowest BCUT2D eigenvalue weighted by atomic mass is 10.1. The zero-order chi connectivity index (χ0) is 16.1. The maximum absolute atomic E-state index is 12.1. The monoisotopic (exact) mass is 337 g/mol. The van der Waals surface area contributed by atoms with E-state index in [1.54, 1.807) is 19.2 Å². The molecule has 0 heterocycles. The molecule has 1 amide bonds. The molecule has 0 aliphatic rings. The van der Waals surface area contributed by atoms with Crippen LogP contribution in [0.2, 0.25) is 10.0 Å². The van der Waals surface area contributed by atoms with Crippen LogP contribution in [0.25, 0.3) is 0 Å². The lowest BCUT2D eigenvalue weighted by Crippen LogP contribution is -2.13. The quantitative estimate of drug-likeness (QED) is 0.844. The molecule has 0 atom stereocenters. The van der Waals surface area contributed by atoms with Crippen molar-refractivity contribution in [3.8, 4) is 5.75 Å². The molecule has 5 heteroatoms. The molecule has 0 aliphatic heterocycles. The summed E-state index contributed by atoms with van der Waals surface area (Å²) in [7, 11) is 1.55. The molecule has 22 heavy (non-hydrogen) atoms. The summed E-state index contributed by atoms with van der Waals surface area (Å²) in [6, 6.07) is 11.0. The summed E-state index contributed by atoms with van der Waals surface area (Å²) in [5, 5.41) is 4.16. The van der Waals surface area contributed by atoms with Gasteiger partial charge >= 0.3 is 0 Å². The minimum atomic E-state index is -0.0741. The van der Waals surface area contributed by atoms with E-state index in [2.05, 4.69) is 5.32 Å². The predicted molar refractivity (Wildman–Crippen MR) is 91.1 cm³/mol. The normalized spacial score (nSPS) is 10.4. The first-order chi connectivity index (χ1) is 10.5. The van der Waals surface area contributed by atoms with E-state index >= 15 is 0 Å². The van der Waals surface area contributed by atoms with Gasteiger partial charge in [-0.05, 0) is 42.7 Å². The topological polar surface area (TPSA) is 38.3 Å². The van der Waals surface area contributed by atoms with Crippen LogP contribution in [0.4, 0.5) is 5.69 Å². The minimum Gasteiger partial charge on any atom is -0.495 e. The number of aryl methyl sites for hydroxylation is 2. The summed E-state index contributed by atoms with van der Waals surface area (Å²) in [6.07, 6.45) is 1.03. The summed E-state index contributed by atoms with van der Waals surface area (Å²) in [5.41, 5.74) is 2.58. The highest BCUT2D eigenvalue weighted by atomic mass is 35.5. The predicted octanol–water partition coefficient (Wildman–Crippen LogP) is 4.88. The Labute approximate surface area is 140 Å². The Morgan fingerprint density at radius 2 is 1.86 bits per heavy atom. The molecule has 0 radical (unpaired) electrons. The maximum Gasteiger partial charge on any atom is 0.224 e. The Morgan fingerprint density at radius 1 is 1.18 bits per heavy atom. The number of carbonyl (C=O) groups excluding carboxylic acids is 1. The number of halogens is 2. The van der Waals surface area contributed by atoms with Crippen LogP contribution >= 0.6 is 23.2 Å². The smallest absolute Gasteiger partial charge is 0.224 e. The number of carbonyl (C=O) groups is 1. The molecular formula is C17H17Cl2NO2. The van der Waals surface area contributed by atoms with E-state index in [1.165, 1.54) is 0 Å².